The molecule has 0 N–H and O–H groups in total. The van der Waals surface area contributed by atoms with E-state index in [1.807, 2.05) is 84.9 Å². The molecular weight excluding hydrogens is 445 g/mol. The van der Waals surface area contributed by atoms with Crippen LogP contribution in [0.3, 0.4) is 0 Å². The molecule has 0 bridgehead atoms. The molecule has 0 heterocycles. The Morgan fingerprint density at radius 1 is 0.636 bits per heavy atom. The molecule has 4 aromatic carbocycles. The van der Waals surface area contributed by atoms with E-state index in [-0.39, 0.29) is 0 Å². The second kappa shape index (κ2) is 10.2. The Morgan fingerprint density at radius 3 is 1.52 bits per heavy atom. The summed E-state index contributed by atoms with van der Waals surface area (Å²) in [5, 5.41) is 11.6. The van der Waals surface area contributed by atoms with Crippen molar-refractivity contribution in [2.45, 2.75) is 5.78 Å². The van der Waals surface area contributed by atoms with Gasteiger partial charge in [-0.25, -0.2) is 4.21 Å². The molecule has 33 heavy (non-hydrogen) atoms. The molecule has 0 saturated carbocycles. The second-order valence-electron chi connectivity index (χ2n) is 7.95. The molecule has 0 spiro atoms. The summed E-state index contributed by atoms with van der Waals surface area (Å²) in [6.07, 6.45) is 3.40. The van der Waals surface area contributed by atoms with Gasteiger partial charge in [-0.15, -0.1) is 5.11 Å². The Kier molecular flexibility index (Phi) is 7.12. The summed E-state index contributed by atoms with van der Waals surface area (Å²) in [5.41, 5.74) is 1.76. The van der Waals surface area contributed by atoms with Gasteiger partial charge in [0.25, 0.3) is 0 Å². The highest BCUT2D eigenvalue weighted by Gasteiger charge is 2.54. The minimum atomic E-state index is -2.70. The van der Waals surface area contributed by atoms with Gasteiger partial charge in [-0.3, -0.25) is 0 Å². The van der Waals surface area contributed by atoms with Crippen LogP contribution in [-0.4, -0.2) is 16.7 Å². The van der Waals surface area contributed by atoms with Gasteiger partial charge in [0.1, 0.15) is 10.6 Å². The minimum absolute atomic E-state index is 0.426. The molecule has 0 radical (unpaired) electrons. The first kappa shape index (κ1) is 23.0. The molecule has 4 nitrogen and oxygen atoms in total. The Hall–Kier alpha value is -3.14. The summed E-state index contributed by atoms with van der Waals surface area (Å²) < 4.78 is 18.5. The number of nitrogens with zero attached hydrogens (tertiary/aromatic N) is 3. The summed E-state index contributed by atoms with van der Waals surface area (Å²) in [7, 11) is -5.19. The van der Waals surface area contributed by atoms with Crippen molar-refractivity contribution < 1.29 is 4.21 Å². The van der Waals surface area contributed by atoms with Crippen LogP contribution in [0.1, 0.15) is 11.3 Å². The molecule has 6 heteroatoms. The van der Waals surface area contributed by atoms with E-state index in [4.69, 9.17) is 9.25 Å². The van der Waals surface area contributed by atoms with Crippen LogP contribution >= 0.6 is 7.41 Å². The van der Waals surface area contributed by atoms with Crippen molar-refractivity contribution in [2.24, 2.45) is 14.4 Å². The Balaban J connectivity index is 2.08. The second-order valence-corrected chi connectivity index (χ2v) is 13.9. The van der Waals surface area contributed by atoms with Crippen molar-refractivity contribution in [3.8, 4) is 0 Å². The van der Waals surface area contributed by atoms with Gasteiger partial charge in [-0.05, 0) is 36.4 Å². The van der Waals surface area contributed by atoms with E-state index in [9.17, 15) is 4.21 Å². The van der Waals surface area contributed by atoms with E-state index < -0.39 is 22.9 Å². The first-order valence-electron chi connectivity index (χ1n) is 10.7. The summed E-state index contributed by atoms with van der Waals surface area (Å²) in [6, 6.07) is 40.1. The highest BCUT2D eigenvalue weighted by atomic mass is 32.2. The Morgan fingerprint density at radius 2 is 1.06 bits per heavy atom. The van der Waals surface area contributed by atoms with Gasteiger partial charge in [0, 0.05) is 18.1 Å². The predicted molar refractivity (Wildman–Crippen MR) is 142 cm³/mol. The average molecular weight is 473 g/mol. The maximum absolute atomic E-state index is 13.3. The predicted octanol–water partition coefficient (Wildman–Crippen LogP) is 6.78. The molecule has 0 aliphatic carbocycles. The van der Waals surface area contributed by atoms with Crippen molar-refractivity contribution in [3.05, 3.63) is 127 Å². The topological polar surface area (TPSA) is 54.1 Å². The smallest absolute Gasteiger partial charge is 0.239 e. The lowest BCUT2D eigenvalue weighted by Crippen LogP contribution is -2.26. The van der Waals surface area contributed by atoms with Gasteiger partial charge in [0.15, 0.2) is 0 Å². The number of hydrogen-bond acceptors (Lipinski definition) is 4. The molecule has 0 aliphatic rings. The van der Waals surface area contributed by atoms with Crippen LogP contribution in [0.5, 0.6) is 0 Å². The standard InChI is InChI=1S/C27H27N3OPS/c1-33(2,31)30-32(25-19-11-5-12-20-25,26-21-13-6-14-22-26)27(23-15-7-3-8-16-23)29-28-24-17-9-4-10-18-24/h3-22,27H,1-2H3/q+1. The van der Waals surface area contributed by atoms with Crippen molar-refractivity contribution in [1.29, 1.82) is 0 Å². The monoisotopic (exact) mass is 472 g/mol. The highest BCUT2D eigenvalue weighted by molar-refractivity contribution is 8.01. The fourth-order valence-corrected chi connectivity index (χ4v) is 10.3. The molecule has 1 unspecified atom stereocenters. The molecule has 4 rings (SSSR count). The number of azo groups is 1. The van der Waals surface area contributed by atoms with E-state index in [2.05, 4.69) is 41.5 Å². The average Bonchev–Trinajstić information content (AvgIpc) is 2.85. The minimum Gasteiger partial charge on any atom is -0.247 e. The molecule has 0 saturated heterocycles. The third-order valence-electron chi connectivity index (χ3n) is 5.12. The molecular formula is C27H27N3OPS+. The molecule has 4 aromatic rings. The summed E-state index contributed by atoms with van der Waals surface area (Å²) in [6.45, 7) is 0. The lowest BCUT2D eigenvalue weighted by molar-refractivity contribution is 0.685. The maximum atomic E-state index is 13.3. The van der Waals surface area contributed by atoms with Crippen molar-refractivity contribution in [1.82, 2.24) is 0 Å². The van der Waals surface area contributed by atoms with Gasteiger partial charge < -0.3 is 0 Å². The molecule has 1 atom stereocenters. The third-order valence-corrected chi connectivity index (χ3v) is 11.0. The number of rotatable bonds is 7. The van der Waals surface area contributed by atoms with Crippen LogP contribution in [0.4, 0.5) is 5.69 Å². The van der Waals surface area contributed by atoms with Crippen molar-refractivity contribution >= 4 is 33.4 Å². The zero-order chi connectivity index (χ0) is 23.2. The van der Waals surface area contributed by atoms with Crippen LogP contribution < -0.4 is 10.6 Å². The van der Waals surface area contributed by atoms with Gasteiger partial charge in [-0.2, -0.15) is 5.11 Å². The van der Waals surface area contributed by atoms with Crippen molar-refractivity contribution in [2.75, 3.05) is 12.5 Å². The number of hydrogen-bond donors (Lipinski definition) is 0. The van der Waals surface area contributed by atoms with Crippen LogP contribution in [-0.2, 0) is 9.73 Å². The van der Waals surface area contributed by atoms with Crippen molar-refractivity contribution in [3.63, 3.8) is 0 Å². The van der Waals surface area contributed by atoms with Crippen LogP contribution in [0, 0.1) is 0 Å². The van der Waals surface area contributed by atoms with Gasteiger partial charge in [0.05, 0.1) is 15.4 Å². The van der Waals surface area contributed by atoms with E-state index in [1.165, 1.54) is 0 Å². The number of benzene rings is 4. The summed E-state index contributed by atoms with van der Waals surface area (Å²) in [4.78, 5) is 0. The Labute approximate surface area is 197 Å². The van der Waals surface area contributed by atoms with Gasteiger partial charge >= 0.3 is 0 Å². The van der Waals surface area contributed by atoms with Gasteiger partial charge in [-0.1, -0.05) is 89.1 Å². The Bertz CT molecular complexity index is 1270. The molecule has 0 fully saturated rings. The molecule has 0 aromatic heterocycles. The quantitative estimate of drug-likeness (QED) is 0.216. The zero-order valence-corrected chi connectivity index (χ0v) is 20.4. The van der Waals surface area contributed by atoms with E-state index >= 15 is 0 Å². The lowest BCUT2D eigenvalue weighted by Gasteiger charge is -2.27. The van der Waals surface area contributed by atoms with Crippen LogP contribution in [0.25, 0.3) is 0 Å². The normalized spacial score (nSPS) is 13.0. The first-order valence-corrected chi connectivity index (χ1v) is 14.8. The van der Waals surface area contributed by atoms with E-state index in [0.717, 1.165) is 21.9 Å². The summed E-state index contributed by atoms with van der Waals surface area (Å²) in [5.74, 6) is -0.426. The zero-order valence-electron chi connectivity index (χ0n) is 18.7. The fraction of sp³-hybridized carbons (Fsp3) is 0.111. The first-order chi connectivity index (χ1) is 16.0. The molecule has 0 amide bonds. The molecule has 166 valence electrons. The van der Waals surface area contributed by atoms with Crippen LogP contribution in [0.2, 0.25) is 0 Å². The maximum Gasteiger partial charge on any atom is 0.239 e. The highest BCUT2D eigenvalue weighted by Crippen LogP contribution is 2.70. The largest absolute Gasteiger partial charge is 0.247 e. The fourth-order valence-electron chi connectivity index (χ4n) is 3.79. The van der Waals surface area contributed by atoms with E-state index in [1.54, 1.807) is 12.5 Å². The van der Waals surface area contributed by atoms with Gasteiger partial charge in [0.2, 0.25) is 13.2 Å². The van der Waals surface area contributed by atoms with Crippen LogP contribution in [0.15, 0.2) is 136 Å². The summed E-state index contributed by atoms with van der Waals surface area (Å²) >= 11 is 0. The SMILES string of the molecule is CS(C)(=O)=N[P+](c1ccccc1)(c1ccccc1)C(N=Nc1ccccc1)c1ccccc1. The lowest BCUT2D eigenvalue weighted by atomic mass is 10.2. The molecule has 0 aliphatic heterocycles. The third kappa shape index (κ3) is 5.44. The van der Waals surface area contributed by atoms with E-state index in [0.29, 0.717) is 0 Å².